The fourth-order valence-corrected chi connectivity index (χ4v) is 3.43. The average Bonchev–Trinajstić information content (AvgIpc) is 2.58. The van der Waals surface area contributed by atoms with Gasteiger partial charge in [0.15, 0.2) is 0 Å². The molecule has 0 radical (unpaired) electrons. The van der Waals surface area contributed by atoms with Gasteiger partial charge in [-0.3, -0.25) is 4.79 Å². The molecule has 0 aromatic heterocycles. The van der Waals surface area contributed by atoms with Gasteiger partial charge in [-0.2, -0.15) is 0 Å². The number of aliphatic carboxylic acids is 1. The van der Waals surface area contributed by atoms with Gasteiger partial charge in [0.05, 0.1) is 11.5 Å². The molecule has 0 saturated heterocycles. The van der Waals surface area contributed by atoms with Crippen molar-refractivity contribution in [1.82, 2.24) is 4.72 Å². The molecule has 0 unspecified atom stereocenters. The van der Waals surface area contributed by atoms with Crippen molar-refractivity contribution in [3.05, 3.63) is 36.4 Å². The Morgan fingerprint density at radius 2 is 1.84 bits per heavy atom. The summed E-state index contributed by atoms with van der Waals surface area (Å²) in [6.07, 6.45) is 2.23. The molecule has 0 atom stereocenters. The van der Waals surface area contributed by atoms with Crippen LogP contribution in [0.1, 0.15) is 32.6 Å². The van der Waals surface area contributed by atoms with E-state index in [2.05, 4.69) is 11.6 Å². The van der Waals surface area contributed by atoms with Gasteiger partial charge >= 0.3 is 5.97 Å². The summed E-state index contributed by atoms with van der Waals surface area (Å²) in [5, 5.41) is 10.3. The second-order valence-electron chi connectivity index (χ2n) is 5.77. The van der Waals surface area contributed by atoms with E-state index in [9.17, 15) is 13.2 Å². The highest BCUT2D eigenvalue weighted by Crippen LogP contribution is 2.24. The number of rotatable bonds is 10. The van der Waals surface area contributed by atoms with Crippen LogP contribution in [-0.2, 0) is 14.8 Å². The molecule has 7 heteroatoms. The fourth-order valence-electron chi connectivity index (χ4n) is 2.32. The predicted molar refractivity (Wildman–Crippen MR) is 96.4 cm³/mol. The number of carboxylic acid groups (broad SMARTS) is 1. The van der Waals surface area contributed by atoms with Gasteiger partial charge in [0.2, 0.25) is 10.0 Å². The first kappa shape index (κ1) is 19.2. The van der Waals surface area contributed by atoms with Gasteiger partial charge in [0.25, 0.3) is 0 Å². The Bertz CT molecular complexity index is 832. The summed E-state index contributed by atoms with van der Waals surface area (Å²) in [5.74, 6) is -0.176. The third-order valence-electron chi connectivity index (χ3n) is 3.72. The zero-order chi connectivity index (χ0) is 18.3. The highest BCUT2D eigenvalue weighted by atomic mass is 32.2. The molecule has 2 aromatic carbocycles. The lowest BCUT2D eigenvalue weighted by atomic mass is 10.1. The van der Waals surface area contributed by atoms with Crippen LogP contribution in [0.2, 0.25) is 0 Å². The minimum absolute atomic E-state index is 0.0684. The van der Waals surface area contributed by atoms with Crippen LogP contribution in [0, 0.1) is 0 Å². The lowest BCUT2D eigenvalue weighted by molar-refractivity contribution is -0.137. The first-order valence-corrected chi connectivity index (χ1v) is 9.79. The molecule has 2 rings (SSSR count). The summed E-state index contributed by atoms with van der Waals surface area (Å²) in [4.78, 5) is 10.6. The first-order chi connectivity index (χ1) is 11.9. The maximum Gasteiger partial charge on any atom is 0.303 e. The molecule has 0 heterocycles. The van der Waals surface area contributed by atoms with Crippen LogP contribution in [0.5, 0.6) is 5.75 Å². The molecule has 0 aliphatic rings. The van der Waals surface area contributed by atoms with Crippen molar-refractivity contribution in [3.63, 3.8) is 0 Å². The first-order valence-electron chi connectivity index (χ1n) is 8.30. The molecule has 25 heavy (non-hydrogen) atoms. The molecule has 136 valence electrons. The van der Waals surface area contributed by atoms with E-state index in [-0.39, 0.29) is 24.3 Å². The van der Waals surface area contributed by atoms with Crippen LogP contribution in [0.3, 0.4) is 0 Å². The molecule has 6 nitrogen and oxygen atoms in total. The molecule has 2 N–H and O–H groups in total. The third-order valence-corrected chi connectivity index (χ3v) is 5.18. The lowest BCUT2D eigenvalue weighted by Gasteiger charge is -2.09. The van der Waals surface area contributed by atoms with Crippen LogP contribution < -0.4 is 9.46 Å². The van der Waals surface area contributed by atoms with Gasteiger partial charge in [0, 0.05) is 13.0 Å². The van der Waals surface area contributed by atoms with E-state index in [1.165, 1.54) is 6.07 Å². The molecule has 0 saturated carbocycles. The number of hydrogen-bond donors (Lipinski definition) is 2. The molecule has 0 fully saturated rings. The third kappa shape index (κ3) is 5.72. The number of carboxylic acids is 1. The summed E-state index contributed by atoms with van der Waals surface area (Å²) in [6.45, 7) is 2.85. The van der Waals surface area contributed by atoms with E-state index < -0.39 is 16.0 Å². The maximum absolute atomic E-state index is 12.3. The Labute approximate surface area is 147 Å². The number of benzene rings is 2. The van der Waals surface area contributed by atoms with Crippen molar-refractivity contribution in [1.29, 1.82) is 0 Å². The average molecular weight is 365 g/mol. The highest BCUT2D eigenvalue weighted by molar-refractivity contribution is 7.89. The van der Waals surface area contributed by atoms with Crippen molar-refractivity contribution in [3.8, 4) is 5.75 Å². The maximum atomic E-state index is 12.3. The Balaban J connectivity index is 2.09. The normalized spacial score (nSPS) is 11.6. The van der Waals surface area contributed by atoms with Crippen LogP contribution in [-0.4, -0.2) is 32.6 Å². The number of sulfonamides is 1. The Morgan fingerprint density at radius 1 is 1.12 bits per heavy atom. The van der Waals surface area contributed by atoms with Crippen molar-refractivity contribution in [2.24, 2.45) is 0 Å². The van der Waals surface area contributed by atoms with Gasteiger partial charge in [-0.05, 0) is 47.9 Å². The van der Waals surface area contributed by atoms with Gasteiger partial charge < -0.3 is 9.84 Å². The van der Waals surface area contributed by atoms with E-state index in [1.807, 2.05) is 18.2 Å². The number of ether oxygens (including phenoxy) is 1. The SMILES string of the molecule is CCCCOc1ccc2cc(S(=O)(=O)NCCCC(=O)O)ccc2c1. The predicted octanol–water partition coefficient (Wildman–Crippen LogP) is 3.16. The number of carbonyl (C=O) groups is 1. The molecular formula is C18H23NO5S. The van der Waals surface area contributed by atoms with Crippen molar-refractivity contribution < 1.29 is 23.1 Å². The van der Waals surface area contributed by atoms with Crippen molar-refractivity contribution in [2.45, 2.75) is 37.5 Å². The second kappa shape index (κ2) is 8.82. The number of hydrogen-bond acceptors (Lipinski definition) is 4. The van der Waals surface area contributed by atoms with Crippen molar-refractivity contribution >= 4 is 26.8 Å². The van der Waals surface area contributed by atoms with Crippen LogP contribution in [0.4, 0.5) is 0 Å². The molecule has 0 aliphatic heterocycles. The van der Waals surface area contributed by atoms with Gasteiger partial charge in [0.1, 0.15) is 5.75 Å². The van der Waals surface area contributed by atoms with E-state index in [4.69, 9.17) is 9.84 Å². The summed E-state index contributed by atoms with van der Waals surface area (Å²) >= 11 is 0. The zero-order valence-electron chi connectivity index (χ0n) is 14.2. The number of unbranched alkanes of at least 4 members (excludes halogenated alkanes) is 1. The molecule has 2 aromatic rings. The summed E-state index contributed by atoms with van der Waals surface area (Å²) in [6, 6.07) is 10.4. The smallest absolute Gasteiger partial charge is 0.303 e. The number of fused-ring (bicyclic) bond motifs is 1. The monoisotopic (exact) mass is 365 g/mol. The topological polar surface area (TPSA) is 92.7 Å². The van der Waals surface area contributed by atoms with E-state index in [0.29, 0.717) is 6.61 Å². The minimum atomic E-state index is -3.65. The summed E-state index contributed by atoms with van der Waals surface area (Å²) in [7, 11) is -3.65. The number of nitrogens with one attached hydrogen (secondary N) is 1. The fraction of sp³-hybridized carbons (Fsp3) is 0.389. The van der Waals surface area contributed by atoms with E-state index >= 15 is 0 Å². The molecule has 0 aliphatic carbocycles. The molecule has 0 amide bonds. The van der Waals surface area contributed by atoms with Gasteiger partial charge in [-0.25, -0.2) is 13.1 Å². The van der Waals surface area contributed by atoms with Crippen molar-refractivity contribution in [2.75, 3.05) is 13.2 Å². The zero-order valence-corrected chi connectivity index (χ0v) is 15.0. The Hall–Kier alpha value is -2.12. The van der Waals surface area contributed by atoms with Gasteiger partial charge in [-0.1, -0.05) is 25.5 Å². The minimum Gasteiger partial charge on any atom is -0.494 e. The summed E-state index contributed by atoms with van der Waals surface area (Å²) < 4.78 is 32.6. The quantitative estimate of drug-likeness (QED) is 0.631. The lowest BCUT2D eigenvalue weighted by Crippen LogP contribution is -2.25. The second-order valence-corrected chi connectivity index (χ2v) is 7.53. The molecule has 0 bridgehead atoms. The van der Waals surface area contributed by atoms with Gasteiger partial charge in [-0.15, -0.1) is 0 Å². The van der Waals surface area contributed by atoms with Crippen LogP contribution >= 0.6 is 0 Å². The van der Waals surface area contributed by atoms with Crippen LogP contribution in [0.15, 0.2) is 41.3 Å². The van der Waals surface area contributed by atoms with Crippen LogP contribution in [0.25, 0.3) is 10.8 Å². The Morgan fingerprint density at radius 3 is 2.56 bits per heavy atom. The van der Waals surface area contributed by atoms with E-state index in [0.717, 1.165) is 29.4 Å². The summed E-state index contributed by atoms with van der Waals surface area (Å²) in [5.41, 5.74) is 0. The highest BCUT2D eigenvalue weighted by Gasteiger charge is 2.14. The molecular weight excluding hydrogens is 342 g/mol. The van der Waals surface area contributed by atoms with E-state index in [1.54, 1.807) is 12.1 Å². The Kier molecular flexibility index (Phi) is 6.78. The largest absolute Gasteiger partial charge is 0.494 e. The standard InChI is InChI=1S/C18H23NO5S/c1-2-3-11-24-16-8-6-15-13-17(9-7-14(15)12-16)25(22,23)19-10-4-5-18(20)21/h6-9,12-13,19H,2-5,10-11H2,1H3,(H,20,21). The molecule has 0 spiro atoms.